The van der Waals surface area contributed by atoms with E-state index in [2.05, 4.69) is 10.3 Å². The molecule has 4 nitrogen and oxygen atoms in total. The van der Waals surface area contributed by atoms with Gasteiger partial charge in [-0.2, -0.15) is 0 Å². The van der Waals surface area contributed by atoms with Crippen LogP contribution in [0.3, 0.4) is 0 Å². The molecule has 0 bridgehead atoms. The molecule has 2 aromatic carbocycles. The van der Waals surface area contributed by atoms with Crippen LogP contribution in [0.25, 0.3) is 0 Å². The number of benzene rings is 2. The predicted octanol–water partition coefficient (Wildman–Crippen LogP) is 3.14. The summed E-state index contributed by atoms with van der Waals surface area (Å²) < 4.78 is 29.2. The topological polar surface area (TPSA) is 46.9 Å². The molecule has 0 unspecified atom stereocenters. The summed E-state index contributed by atoms with van der Waals surface area (Å²) in [7, 11) is 0. The summed E-state index contributed by atoms with van der Waals surface area (Å²) in [5.41, 5.74) is 1.30. The van der Waals surface area contributed by atoms with Crippen molar-refractivity contribution in [3.63, 3.8) is 0 Å². The smallest absolute Gasteiger partial charge is 0.257 e. The summed E-state index contributed by atoms with van der Waals surface area (Å²) in [6.07, 6.45) is 5.22. The van der Waals surface area contributed by atoms with Crippen LogP contribution in [0.15, 0.2) is 61.2 Å². The Hall–Kier alpha value is -3.02. The summed E-state index contributed by atoms with van der Waals surface area (Å²) in [4.78, 5) is 16.1. The lowest BCUT2D eigenvalue weighted by Crippen LogP contribution is -2.25. The predicted molar refractivity (Wildman–Crippen MR) is 85.3 cm³/mol. The second kappa shape index (κ2) is 7.04. The van der Waals surface area contributed by atoms with E-state index >= 15 is 0 Å². The maximum atomic E-state index is 13.6. The standard InChI is InChI=1S/C18H15F2N3O/c19-15-6-3-7-16(20)17(15)18(24)22-10-13-4-1-2-5-14(13)11-23-9-8-21-12-23/h1-9,12H,10-11H2,(H,22,24). The third-order valence-electron chi connectivity index (χ3n) is 3.66. The number of nitrogens with zero attached hydrogens (tertiary/aromatic N) is 2. The Balaban J connectivity index is 1.74. The van der Waals surface area contributed by atoms with E-state index in [1.807, 2.05) is 35.0 Å². The monoisotopic (exact) mass is 327 g/mol. The fourth-order valence-electron chi connectivity index (χ4n) is 2.44. The van der Waals surface area contributed by atoms with Crippen molar-refractivity contribution >= 4 is 5.91 Å². The van der Waals surface area contributed by atoms with Gasteiger partial charge in [-0.3, -0.25) is 4.79 Å². The van der Waals surface area contributed by atoms with E-state index in [1.165, 1.54) is 6.07 Å². The molecule has 0 aliphatic heterocycles. The Morgan fingerprint density at radius 1 is 1.04 bits per heavy atom. The van der Waals surface area contributed by atoms with Crippen molar-refractivity contribution in [1.29, 1.82) is 0 Å². The van der Waals surface area contributed by atoms with Crippen LogP contribution in [0.2, 0.25) is 0 Å². The van der Waals surface area contributed by atoms with Crippen LogP contribution in [0, 0.1) is 11.6 Å². The largest absolute Gasteiger partial charge is 0.348 e. The van der Waals surface area contributed by atoms with E-state index in [4.69, 9.17) is 0 Å². The van der Waals surface area contributed by atoms with Crippen LogP contribution in [-0.4, -0.2) is 15.5 Å². The molecule has 0 aliphatic rings. The Labute approximate surface area is 137 Å². The second-order valence-corrected chi connectivity index (χ2v) is 5.28. The van der Waals surface area contributed by atoms with Crippen LogP contribution >= 0.6 is 0 Å². The van der Waals surface area contributed by atoms with Crippen LogP contribution in [0.4, 0.5) is 8.78 Å². The maximum absolute atomic E-state index is 13.6. The number of aromatic nitrogens is 2. The summed E-state index contributed by atoms with van der Waals surface area (Å²) in [6, 6.07) is 10.9. The van der Waals surface area contributed by atoms with E-state index in [1.54, 1.807) is 12.5 Å². The zero-order valence-corrected chi connectivity index (χ0v) is 12.7. The van der Waals surface area contributed by atoms with Crippen LogP contribution in [0.5, 0.6) is 0 Å². The number of hydrogen-bond donors (Lipinski definition) is 1. The van der Waals surface area contributed by atoms with Crippen LogP contribution in [-0.2, 0) is 13.1 Å². The quantitative estimate of drug-likeness (QED) is 0.782. The zero-order valence-electron chi connectivity index (χ0n) is 12.7. The third kappa shape index (κ3) is 3.48. The highest BCUT2D eigenvalue weighted by molar-refractivity contribution is 5.94. The van der Waals surface area contributed by atoms with Gasteiger partial charge < -0.3 is 9.88 Å². The fourth-order valence-corrected chi connectivity index (χ4v) is 2.44. The van der Waals surface area contributed by atoms with Gasteiger partial charge in [0.2, 0.25) is 0 Å². The summed E-state index contributed by atoms with van der Waals surface area (Å²) in [5, 5.41) is 2.57. The van der Waals surface area contributed by atoms with Crippen molar-refractivity contribution in [3.05, 3.63) is 89.5 Å². The number of nitrogens with one attached hydrogen (secondary N) is 1. The molecule has 3 aromatic rings. The van der Waals surface area contributed by atoms with Gasteiger partial charge in [0.25, 0.3) is 5.91 Å². The zero-order chi connectivity index (χ0) is 16.9. The molecule has 0 spiro atoms. The van der Waals surface area contributed by atoms with Crippen LogP contribution < -0.4 is 5.32 Å². The number of carbonyl (C=O) groups excluding carboxylic acids is 1. The van der Waals surface area contributed by atoms with Gasteiger partial charge in [-0.25, -0.2) is 13.8 Å². The lowest BCUT2D eigenvalue weighted by molar-refractivity contribution is 0.0942. The average molecular weight is 327 g/mol. The molecule has 24 heavy (non-hydrogen) atoms. The molecule has 0 radical (unpaired) electrons. The van der Waals surface area contributed by atoms with E-state index in [9.17, 15) is 13.6 Å². The summed E-state index contributed by atoms with van der Waals surface area (Å²) in [6.45, 7) is 0.775. The van der Waals surface area contributed by atoms with E-state index < -0.39 is 23.1 Å². The summed E-state index contributed by atoms with van der Waals surface area (Å²) in [5.74, 6) is -2.53. The Morgan fingerprint density at radius 3 is 2.42 bits per heavy atom. The van der Waals surface area contributed by atoms with Crippen molar-refractivity contribution in [3.8, 4) is 0 Å². The molecular formula is C18H15F2N3O. The SMILES string of the molecule is O=C(NCc1ccccc1Cn1ccnc1)c1c(F)cccc1F. The third-order valence-corrected chi connectivity index (χ3v) is 3.66. The van der Waals surface area contributed by atoms with E-state index in [0.29, 0.717) is 6.54 Å². The molecule has 122 valence electrons. The van der Waals surface area contributed by atoms with Crippen molar-refractivity contribution in [1.82, 2.24) is 14.9 Å². The first-order valence-corrected chi connectivity index (χ1v) is 7.40. The van der Waals surface area contributed by atoms with E-state index in [-0.39, 0.29) is 6.54 Å². The minimum Gasteiger partial charge on any atom is -0.348 e. The molecule has 1 amide bonds. The Morgan fingerprint density at radius 2 is 1.75 bits per heavy atom. The van der Waals surface area contributed by atoms with E-state index in [0.717, 1.165) is 23.3 Å². The molecular weight excluding hydrogens is 312 g/mol. The van der Waals surface area contributed by atoms with Gasteiger partial charge in [0, 0.05) is 25.5 Å². The van der Waals surface area contributed by atoms with Gasteiger partial charge in [-0.1, -0.05) is 30.3 Å². The Kier molecular flexibility index (Phi) is 4.65. The van der Waals surface area contributed by atoms with Crippen LogP contribution in [0.1, 0.15) is 21.5 Å². The molecule has 1 N–H and O–H groups in total. The van der Waals surface area contributed by atoms with Gasteiger partial charge in [-0.05, 0) is 23.3 Å². The van der Waals surface area contributed by atoms with Gasteiger partial charge in [-0.15, -0.1) is 0 Å². The van der Waals surface area contributed by atoms with Gasteiger partial charge in [0.1, 0.15) is 17.2 Å². The molecule has 0 atom stereocenters. The highest BCUT2D eigenvalue weighted by Crippen LogP contribution is 2.14. The first-order chi connectivity index (χ1) is 11.6. The van der Waals surface area contributed by atoms with Crippen molar-refractivity contribution < 1.29 is 13.6 Å². The van der Waals surface area contributed by atoms with Crippen molar-refractivity contribution in [2.45, 2.75) is 13.1 Å². The molecule has 0 saturated carbocycles. The highest BCUT2D eigenvalue weighted by atomic mass is 19.1. The molecule has 3 rings (SSSR count). The average Bonchev–Trinajstić information content (AvgIpc) is 3.07. The molecule has 0 saturated heterocycles. The number of rotatable bonds is 5. The van der Waals surface area contributed by atoms with Gasteiger partial charge in [0.15, 0.2) is 0 Å². The molecule has 1 aromatic heterocycles. The minimum absolute atomic E-state index is 0.178. The van der Waals surface area contributed by atoms with Gasteiger partial charge >= 0.3 is 0 Å². The van der Waals surface area contributed by atoms with Gasteiger partial charge in [0.05, 0.1) is 6.33 Å². The number of amides is 1. The number of hydrogen-bond acceptors (Lipinski definition) is 2. The molecule has 1 heterocycles. The first-order valence-electron chi connectivity index (χ1n) is 7.40. The number of halogens is 2. The normalized spacial score (nSPS) is 10.6. The minimum atomic E-state index is -0.876. The Bertz CT molecular complexity index is 827. The number of imidazole rings is 1. The lowest BCUT2D eigenvalue weighted by Gasteiger charge is -2.12. The summed E-state index contributed by atoms with van der Waals surface area (Å²) >= 11 is 0. The maximum Gasteiger partial charge on any atom is 0.257 e. The molecule has 6 heteroatoms. The lowest BCUT2D eigenvalue weighted by atomic mass is 10.1. The highest BCUT2D eigenvalue weighted by Gasteiger charge is 2.16. The second-order valence-electron chi connectivity index (χ2n) is 5.28. The van der Waals surface area contributed by atoms with Crippen molar-refractivity contribution in [2.24, 2.45) is 0 Å². The molecule has 0 aliphatic carbocycles. The van der Waals surface area contributed by atoms with Crippen molar-refractivity contribution in [2.75, 3.05) is 0 Å². The molecule has 0 fully saturated rings. The first kappa shape index (κ1) is 15.9. The number of carbonyl (C=O) groups is 1. The fraction of sp³-hybridized carbons (Fsp3) is 0.111.